The van der Waals surface area contributed by atoms with Gasteiger partial charge in [-0.1, -0.05) is 36.4 Å². The third kappa shape index (κ3) is 6.62. The van der Waals surface area contributed by atoms with Crippen LogP contribution >= 0.6 is 0 Å². The maximum atomic E-state index is 13.0. The highest BCUT2D eigenvalue weighted by atomic mass is 19.1. The van der Waals surface area contributed by atoms with Gasteiger partial charge in [-0.05, 0) is 75.8 Å². The lowest BCUT2D eigenvalue weighted by atomic mass is 9.88. The molecule has 0 bridgehead atoms. The van der Waals surface area contributed by atoms with Gasteiger partial charge in [0.1, 0.15) is 5.82 Å². The molecule has 2 aliphatic rings. The van der Waals surface area contributed by atoms with Crippen LogP contribution in [0.5, 0.6) is 0 Å². The van der Waals surface area contributed by atoms with Crippen molar-refractivity contribution in [1.82, 2.24) is 4.90 Å². The fourth-order valence-electron chi connectivity index (χ4n) is 4.17. The molecule has 0 N–H and O–H groups in total. The number of hydrogen-bond donors (Lipinski definition) is 0. The maximum Gasteiger partial charge on any atom is 0.210 e. The van der Waals surface area contributed by atoms with Crippen LogP contribution in [-0.4, -0.2) is 42.3 Å². The molecular formula is C26H34FNO3. The summed E-state index contributed by atoms with van der Waals surface area (Å²) in [6.07, 6.45) is 4.74. The maximum absolute atomic E-state index is 13.0. The van der Waals surface area contributed by atoms with Gasteiger partial charge in [0.15, 0.2) is 0 Å². The Kier molecular flexibility index (Phi) is 7.84. The summed E-state index contributed by atoms with van der Waals surface area (Å²) in [4.78, 5) is 13.0. The molecule has 31 heavy (non-hydrogen) atoms. The van der Waals surface area contributed by atoms with Crippen LogP contribution in [0, 0.1) is 5.82 Å². The lowest BCUT2D eigenvalue weighted by Gasteiger charge is -2.35. The second kappa shape index (κ2) is 10.4. The molecule has 0 saturated carbocycles. The van der Waals surface area contributed by atoms with Crippen LogP contribution in [0.4, 0.5) is 4.39 Å². The molecule has 2 heterocycles. The Morgan fingerprint density at radius 1 is 1.10 bits per heavy atom. The van der Waals surface area contributed by atoms with Crippen LogP contribution < -0.4 is 0 Å². The van der Waals surface area contributed by atoms with Crippen molar-refractivity contribution in [3.8, 4) is 0 Å². The molecular weight excluding hydrogens is 393 g/mol. The first-order valence-electron chi connectivity index (χ1n) is 11.1. The number of rotatable bonds is 3. The summed E-state index contributed by atoms with van der Waals surface area (Å²) < 4.78 is 24.4. The third-order valence-electron chi connectivity index (χ3n) is 5.62. The van der Waals surface area contributed by atoms with E-state index < -0.39 is 0 Å². The zero-order chi connectivity index (χ0) is 22.4. The van der Waals surface area contributed by atoms with E-state index in [9.17, 15) is 9.18 Å². The molecule has 0 spiro atoms. The molecule has 0 aliphatic carbocycles. The predicted octanol–water partition coefficient (Wildman–Crippen LogP) is 5.30. The fourth-order valence-corrected chi connectivity index (χ4v) is 4.17. The first-order chi connectivity index (χ1) is 14.8. The molecule has 1 fully saturated rings. The monoisotopic (exact) mass is 427 g/mol. The first-order valence-corrected chi connectivity index (χ1v) is 11.1. The van der Waals surface area contributed by atoms with Gasteiger partial charge in [0.2, 0.25) is 6.41 Å². The largest absolute Gasteiger partial charge is 0.376 e. The number of carbonyl (C=O) groups is 1. The molecule has 0 radical (unpaired) electrons. The Bertz CT molecular complexity index is 838. The van der Waals surface area contributed by atoms with E-state index in [1.54, 1.807) is 17.0 Å². The lowest BCUT2D eigenvalue weighted by Crippen LogP contribution is -2.35. The van der Waals surface area contributed by atoms with Gasteiger partial charge in [-0.2, -0.15) is 0 Å². The normalized spacial score (nSPS) is 23.4. The fraction of sp³-hybridized carbons (Fsp3) is 0.500. The van der Waals surface area contributed by atoms with Gasteiger partial charge in [-0.3, -0.25) is 4.79 Å². The van der Waals surface area contributed by atoms with E-state index in [1.165, 1.54) is 17.7 Å². The Balaban J connectivity index is 0.000000196. The van der Waals surface area contributed by atoms with Crippen LogP contribution in [0.1, 0.15) is 63.3 Å². The summed E-state index contributed by atoms with van der Waals surface area (Å²) in [6, 6.07) is 14.4. The van der Waals surface area contributed by atoms with Crippen LogP contribution in [0.3, 0.4) is 0 Å². The van der Waals surface area contributed by atoms with Gasteiger partial charge in [0, 0.05) is 6.54 Å². The number of ether oxygens (including phenoxy) is 2. The summed E-state index contributed by atoms with van der Waals surface area (Å²) in [5.41, 5.74) is 3.30. The van der Waals surface area contributed by atoms with Crippen molar-refractivity contribution in [3.05, 3.63) is 71.0 Å². The average Bonchev–Trinajstić information content (AvgIpc) is 2.75. The molecule has 1 unspecified atom stereocenters. The highest BCUT2D eigenvalue weighted by Gasteiger charge is 2.27. The Hall–Kier alpha value is -2.24. The zero-order valence-corrected chi connectivity index (χ0v) is 19.0. The summed E-state index contributed by atoms with van der Waals surface area (Å²) >= 11 is 0. The molecule has 4 rings (SSSR count). The van der Waals surface area contributed by atoms with Gasteiger partial charge in [-0.15, -0.1) is 0 Å². The Morgan fingerprint density at radius 2 is 1.81 bits per heavy atom. The molecule has 2 aromatic rings. The number of amides is 1. The summed E-state index contributed by atoms with van der Waals surface area (Å²) in [5, 5.41) is 0. The number of benzene rings is 2. The van der Waals surface area contributed by atoms with Crippen molar-refractivity contribution in [2.75, 3.05) is 13.2 Å². The Morgan fingerprint density at radius 3 is 2.42 bits per heavy atom. The van der Waals surface area contributed by atoms with Gasteiger partial charge < -0.3 is 14.4 Å². The minimum Gasteiger partial charge on any atom is -0.376 e. The van der Waals surface area contributed by atoms with E-state index in [4.69, 9.17) is 9.47 Å². The van der Waals surface area contributed by atoms with E-state index >= 15 is 0 Å². The SMILES string of the molecule is C[C@H]1CCC(OC(C)(C)C)CO1.O=CN1CCc2ccccc2[C@@H]1c1ccc(F)cc1. The average molecular weight is 428 g/mol. The topological polar surface area (TPSA) is 38.8 Å². The molecule has 1 saturated heterocycles. The molecule has 0 aromatic heterocycles. The van der Waals surface area contributed by atoms with Crippen LogP contribution in [-0.2, 0) is 20.7 Å². The number of fused-ring (bicyclic) bond motifs is 1. The van der Waals surface area contributed by atoms with E-state index in [2.05, 4.69) is 33.8 Å². The second-order valence-corrected chi connectivity index (χ2v) is 9.32. The van der Waals surface area contributed by atoms with Crippen molar-refractivity contribution >= 4 is 6.41 Å². The van der Waals surface area contributed by atoms with Gasteiger partial charge in [0.25, 0.3) is 0 Å². The molecule has 168 valence electrons. The van der Waals surface area contributed by atoms with Crippen LogP contribution in [0.25, 0.3) is 0 Å². The standard InChI is InChI=1S/C16H14FNO.C10H20O2/c17-14-7-5-13(6-8-14)16-15-4-2-1-3-12(15)9-10-18(16)11-19;1-8-5-6-9(7-11-8)12-10(2,3)4/h1-8,11,16H,9-10H2;8-9H,5-7H2,1-4H3/t16-;8-,9?/m00/s1. The van der Waals surface area contributed by atoms with Gasteiger partial charge in [-0.25, -0.2) is 4.39 Å². The molecule has 5 heteroatoms. The third-order valence-corrected chi connectivity index (χ3v) is 5.62. The van der Waals surface area contributed by atoms with Gasteiger partial charge in [0.05, 0.1) is 30.5 Å². The molecule has 4 nitrogen and oxygen atoms in total. The van der Waals surface area contributed by atoms with Crippen molar-refractivity contribution in [2.24, 2.45) is 0 Å². The molecule has 1 amide bonds. The van der Waals surface area contributed by atoms with E-state index in [0.717, 1.165) is 43.4 Å². The van der Waals surface area contributed by atoms with Crippen molar-refractivity contribution in [2.45, 2.75) is 70.8 Å². The van der Waals surface area contributed by atoms with E-state index in [1.807, 2.05) is 18.2 Å². The molecule has 2 aliphatic heterocycles. The first kappa shape index (κ1) is 23.4. The Labute approximate surface area is 185 Å². The predicted molar refractivity (Wildman–Crippen MR) is 120 cm³/mol. The number of halogens is 1. The highest BCUT2D eigenvalue weighted by Crippen LogP contribution is 2.34. The number of hydrogen-bond acceptors (Lipinski definition) is 3. The second-order valence-electron chi connectivity index (χ2n) is 9.32. The minimum absolute atomic E-state index is 0.0331. The van der Waals surface area contributed by atoms with Crippen LogP contribution in [0.2, 0.25) is 0 Å². The minimum atomic E-state index is -0.259. The summed E-state index contributed by atoms with van der Waals surface area (Å²) in [7, 11) is 0. The summed E-state index contributed by atoms with van der Waals surface area (Å²) in [6.45, 7) is 9.84. The molecule has 3 atom stereocenters. The highest BCUT2D eigenvalue weighted by molar-refractivity contribution is 5.54. The number of nitrogens with zero attached hydrogens (tertiary/aromatic N) is 1. The van der Waals surface area contributed by atoms with Crippen molar-refractivity contribution < 1.29 is 18.7 Å². The summed E-state index contributed by atoms with van der Waals surface area (Å²) in [5.74, 6) is -0.259. The van der Waals surface area contributed by atoms with Gasteiger partial charge >= 0.3 is 0 Å². The van der Waals surface area contributed by atoms with Crippen molar-refractivity contribution in [1.29, 1.82) is 0 Å². The number of carbonyl (C=O) groups excluding carboxylic acids is 1. The van der Waals surface area contributed by atoms with Crippen molar-refractivity contribution in [3.63, 3.8) is 0 Å². The molecule has 2 aromatic carbocycles. The zero-order valence-electron chi connectivity index (χ0n) is 19.0. The van der Waals surface area contributed by atoms with E-state index in [-0.39, 0.29) is 17.5 Å². The smallest absolute Gasteiger partial charge is 0.210 e. The lowest BCUT2D eigenvalue weighted by molar-refractivity contribution is -0.130. The van der Waals surface area contributed by atoms with E-state index in [0.29, 0.717) is 18.8 Å². The quantitative estimate of drug-likeness (QED) is 0.624. The van der Waals surface area contributed by atoms with Crippen LogP contribution in [0.15, 0.2) is 48.5 Å².